The lowest BCUT2D eigenvalue weighted by Crippen LogP contribution is -2.17. The first-order valence-electron chi connectivity index (χ1n) is 5.79. The molecule has 0 bridgehead atoms. The second-order valence-electron chi connectivity index (χ2n) is 3.78. The van der Waals surface area contributed by atoms with Crippen LogP contribution in [-0.2, 0) is 6.42 Å². The van der Waals surface area contributed by atoms with Crippen molar-refractivity contribution in [3.05, 3.63) is 16.1 Å². The molecule has 1 N–H and O–H groups in total. The summed E-state index contributed by atoms with van der Waals surface area (Å²) < 4.78 is 15.7. The number of thiophene rings is 1. The number of carbonyl (C=O) groups is 1. The number of aryl methyl sites for hydroxylation is 1. The maximum Gasteiger partial charge on any atom is 0.328 e. The Morgan fingerprint density at radius 2 is 2.32 bits per heavy atom. The van der Waals surface area contributed by atoms with Gasteiger partial charge in [-0.05, 0) is 0 Å². The average Bonchev–Trinajstić information content (AvgIpc) is 3.04. The molecule has 8 heteroatoms. The van der Waals surface area contributed by atoms with Crippen molar-refractivity contribution in [3.8, 4) is 11.5 Å². The Kier molecular flexibility index (Phi) is 3.08. The molecule has 3 rings (SSSR count). The summed E-state index contributed by atoms with van der Waals surface area (Å²) in [6, 6.07) is 0.0840. The van der Waals surface area contributed by atoms with E-state index in [-0.39, 0.29) is 11.9 Å². The third-order valence-corrected chi connectivity index (χ3v) is 3.45. The molecule has 19 heavy (non-hydrogen) atoms. The highest BCUT2D eigenvalue weighted by Crippen LogP contribution is 2.39. The molecule has 1 amide bonds. The zero-order chi connectivity index (χ0) is 13.2. The SMILES string of the molecule is CCc1noc(NC(=O)c2scc3c2OCCO3)n1. The summed E-state index contributed by atoms with van der Waals surface area (Å²) in [6.45, 7) is 2.83. The van der Waals surface area contributed by atoms with Gasteiger partial charge in [-0.3, -0.25) is 10.1 Å². The lowest BCUT2D eigenvalue weighted by atomic mass is 10.3. The highest BCUT2D eigenvalue weighted by Gasteiger charge is 2.24. The number of rotatable bonds is 3. The van der Waals surface area contributed by atoms with Gasteiger partial charge in [-0.1, -0.05) is 12.1 Å². The quantitative estimate of drug-likeness (QED) is 0.921. The molecule has 0 aromatic carbocycles. The van der Waals surface area contributed by atoms with Crippen LogP contribution in [0, 0.1) is 0 Å². The van der Waals surface area contributed by atoms with Crippen molar-refractivity contribution in [1.29, 1.82) is 0 Å². The number of fused-ring (bicyclic) bond motifs is 1. The molecule has 2 aromatic heterocycles. The normalized spacial score (nSPS) is 13.3. The van der Waals surface area contributed by atoms with E-state index in [0.29, 0.717) is 41.8 Å². The van der Waals surface area contributed by atoms with Gasteiger partial charge in [0.2, 0.25) is 0 Å². The Bertz CT molecular complexity index is 607. The van der Waals surface area contributed by atoms with Crippen LogP contribution in [0.3, 0.4) is 0 Å². The van der Waals surface area contributed by atoms with Gasteiger partial charge in [0, 0.05) is 11.8 Å². The molecule has 0 atom stereocenters. The third-order valence-electron chi connectivity index (χ3n) is 2.51. The zero-order valence-corrected chi connectivity index (χ0v) is 11.0. The molecule has 100 valence electrons. The van der Waals surface area contributed by atoms with Crippen LogP contribution in [0.2, 0.25) is 0 Å². The molecule has 0 saturated carbocycles. The van der Waals surface area contributed by atoms with Crippen LogP contribution in [0.15, 0.2) is 9.90 Å². The molecule has 0 radical (unpaired) electrons. The van der Waals surface area contributed by atoms with Crippen molar-refractivity contribution in [2.24, 2.45) is 0 Å². The highest BCUT2D eigenvalue weighted by molar-refractivity contribution is 7.13. The Morgan fingerprint density at radius 3 is 3.11 bits per heavy atom. The van der Waals surface area contributed by atoms with E-state index in [1.807, 2.05) is 6.92 Å². The number of hydrogen-bond donors (Lipinski definition) is 1. The van der Waals surface area contributed by atoms with Crippen LogP contribution in [0.5, 0.6) is 11.5 Å². The molecular formula is C11H11N3O4S. The molecule has 1 aliphatic rings. The van der Waals surface area contributed by atoms with E-state index in [4.69, 9.17) is 14.0 Å². The Morgan fingerprint density at radius 1 is 1.47 bits per heavy atom. The smallest absolute Gasteiger partial charge is 0.328 e. The van der Waals surface area contributed by atoms with Gasteiger partial charge < -0.3 is 14.0 Å². The summed E-state index contributed by atoms with van der Waals surface area (Å²) in [4.78, 5) is 16.5. The molecule has 3 heterocycles. The van der Waals surface area contributed by atoms with Gasteiger partial charge in [0.05, 0.1) is 0 Å². The number of hydrogen-bond acceptors (Lipinski definition) is 7. The maximum atomic E-state index is 12.1. The van der Waals surface area contributed by atoms with Gasteiger partial charge >= 0.3 is 6.01 Å². The van der Waals surface area contributed by atoms with Gasteiger partial charge in [0.15, 0.2) is 17.3 Å². The van der Waals surface area contributed by atoms with Crippen molar-refractivity contribution in [3.63, 3.8) is 0 Å². The Balaban J connectivity index is 1.78. The fourth-order valence-electron chi connectivity index (χ4n) is 1.62. The molecule has 2 aromatic rings. The van der Waals surface area contributed by atoms with Crippen LogP contribution in [0.25, 0.3) is 0 Å². The summed E-state index contributed by atoms with van der Waals surface area (Å²) in [5.41, 5.74) is 0. The summed E-state index contributed by atoms with van der Waals surface area (Å²) >= 11 is 1.25. The second kappa shape index (κ2) is 4.88. The van der Waals surface area contributed by atoms with Gasteiger partial charge in [0.25, 0.3) is 5.91 Å². The molecule has 0 saturated heterocycles. The average molecular weight is 281 g/mol. The summed E-state index contributed by atoms with van der Waals surface area (Å²) in [6.07, 6.45) is 0.644. The van der Waals surface area contributed by atoms with Crippen LogP contribution in [0.4, 0.5) is 6.01 Å². The number of nitrogens with zero attached hydrogens (tertiary/aromatic N) is 2. The molecule has 0 aliphatic carbocycles. The number of ether oxygens (including phenoxy) is 2. The lowest BCUT2D eigenvalue weighted by Gasteiger charge is -2.15. The van der Waals surface area contributed by atoms with E-state index >= 15 is 0 Å². The summed E-state index contributed by atoms with van der Waals surface area (Å²) in [7, 11) is 0. The van der Waals surface area contributed by atoms with Gasteiger partial charge in [-0.2, -0.15) is 4.98 Å². The predicted molar refractivity (Wildman–Crippen MR) is 66.9 cm³/mol. The van der Waals surface area contributed by atoms with Crippen LogP contribution >= 0.6 is 11.3 Å². The van der Waals surface area contributed by atoms with E-state index < -0.39 is 0 Å². The zero-order valence-electron chi connectivity index (χ0n) is 10.1. The predicted octanol–water partition coefficient (Wildman–Crippen LogP) is 1.72. The van der Waals surface area contributed by atoms with E-state index in [9.17, 15) is 4.79 Å². The summed E-state index contributed by atoms with van der Waals surface area (Å²) in [5.74, 6) is 1.27. The minimum atomic E-state index is -0.344. The third kappa shape index (κ3) is 2.26. The molecule has 0 spiro atoms. The minimum absolute atomic E-state index is 0.0840. The van der Waals surface area contributed by atoms with E-state index in [0.717, 1.165) is 0 Å². The van der Waals surface area contributed by atoms with Crippen LogP contribution in [-0.4, -0.2) is 29.3 Å². The largest absolute Gasteiger partial charge is 0.485 e. The van der Waals surface area contributed by atoms with Gasteiger partial charge in [-0.15, -0.1) is 11.3 Å². The lowest BCUT2D eigenvalue weighted by molar-refractivity contribution is 0.101. The van der Waals surface area contributed by atoms with Crippen molar-refractivity contribution < 1.29 is 18.8 Å². The van der Waals surface area contributed by atoms with E-state index in [2.05, 4.69) is 15.5 Å². The second-order valence-corrected chi connectivity index (χ2v) is 4.66. The first-order chi connectivity index (χ1) is 9.28. The van der Waals surface area contributed by atoms with Crippen LogP contribution in [0.1, 0.15) is 22.4 Å². The fourth-order valence-corrected chi connectivity index (χ4v) is 2.45. The molecule has 7 nitrogen and oxygen atoms in total. The standard InChI is InChI=1S/C11H11N3O4S/c1-2-7-12-11(18-14-7)13-10(15)9-8-6(5-19-9)16-3-4-17-8/h5H,2-4H2,1H3,(H,12,13,14,15). The number of aromatic nitrogens is 2. The van der Waals surface area contributed by atoms with E-state index in [1.165, 1.54) is 11.3 Å². The molecular weight excluding hydrogens is 270 g/mol. The molecule has 1 aliphatic heterocycles. The highest BCUT2D eigenvalue weighted by atomic mass is 32.1. The van der Waals surface area contributed by atoms with Crippen molar-refractivity contribution >= 4 is 23.3 Å². The van der Waals surface area contributed by atoms with Crippen molar-refractivity contribution in [2.75, 3.05) is 18.5 Å². The minimum Gasteiger partial charge on any atom is -0.485 e. The fraction of sp³-hybridized carbons (Fsp3) is 0.364. The molecule has 0 fully saturated rings. The van der Waals surface area contributed by atoms with Crippen LogP contribution < -0.4 is 14.8 Å². The topological polar surface area (TPSA) is 86.5 Å². The van der Waals surface area contributed by atoms with Crippen molar-refractivity contribution in [1.82, 2.24) is 10.1 Å². The number of nitrogens with one attached hydrogen (secondary N) is 1. The maximum absolute atomic E-state index is 12.1. The van der Waals surface area contributed by atoms with E-state index in [1.54, 1.807) is 5.38 Å². The first kappa shape index (κ1) is 12.0. The van der Waals surface area contributed by atoms with Gasteiger partial charge in [0.1, 0.15) is 18.1 Å². The van der Waals surface area contributed by atoms with Gasteiger partial charge in [-0.25, -0.2) is 0 Å². The Hall–Kier alpha value is -2.09. The molecule has 0 unspecified atom stereocenters. The summed E-state index contributed by atoms with van der Waals surface area (Å²) in [5, 5.41) is 7.99. The van der Waals surface area contributed by atoms with Crippen molar-refractivity contribution in [2.45, 2.75) is 13.3 Å². The monoisotopic (exact) mass is 281 g/mol. The number of anilines is 1. The Labute approximate surface area is 112 Å². The first-order valence-corrected chi connectivity index (χ1v) is 6.67. The number of carbonyl (C=O) groups excluding carboxylic acids is 1. The number of amides is 1.